The number of hydrogen-bond acceptors (Lipinski definition) is 1. The molecule has 0 bridgehead atoms. The van der Waals surface area contributed by atoms with Gasteiger partial charge in [-0.25, -0.2) is 0 Å². The molecule has 0 aliphatic carbocycles. The van der Waals surface area contributed by atoms with E-state index in [1.54, 1.807) is 0 Å². The Kier molecular flexibility index (Phi) is 5.79. The lowest BCUT2D eigenvalue weighted by Crippen LogP contribution is -1.86. The van der Waals surface area contributed by atoms with Crippen molar-refractivity contribution in [3.05, 3.63) is 0 Å². The van der Waals surface area contributed by atoms with Crippen LogP contribution < -0.4 is 0 Å². The second-order valence-electron chi connectivity index (χ2n) is 1.70. The first-order valence-electron chi connectivity index (χ1n) is 3.14. The maximum Gasteiger partial charge on any atom is 0.0398 e. The van der Waals surface area contributed by atoms with Crippen LogP contribution in [0.4, 0.5) is 0 Å². The second kappa shape index (κ2) is 5.53. The van der Waals surface area contributed by atoms with Gasteiger partial charge in [0, 0.05) is 15.3 Å². The molecule has 0 aromatic carbocycles. The molecule has 1 atom stereocenters. The highest BCUT2D eigenvalue weighted by Crippen LogP contribution is 2.34. The number of rotatable bonds is 4. The molecule has 2 heteroatoms. The summed E-state index contributed by atoms with van der Waals surface area (Å²) >= 11 is 0. The molecule has 1 unspecified atom stereocenters. The molecule has 0 fully saturated rings. The Morgan fingerprint density at radius 1 is 1.38 bits per heavy atom. The molecule has 0 amide bonds. The average Bonchev–Trinajstić information content (AvgIpc) is 1.83. The lowest BCUT2D eigenvalue weighted by atomic mass is 10.6. The summed E-state index contributed by atoms with van der Waals surface area (Å²) in [6.45, 7) is 4.38. The van der Waals surface area contributed by atoms with E-state index < -0.39 is 0 Å². The largest absolute Gasteiger partial charge is 0.362 e. The SMILES string of the molecule is CCCP(CC)OC. The van der Waals surface area contributed by atoms with Crippen LogP contribution in [-0.2, 0) is 4.52 Å². The minimum atomic E-state index is -0.0563. The summed E-state index contributed by atoms with van der Waals surface area (Å²) in [7, 11) is 1.75. The van der Waals surface area contributed by atoms with E-state index in [4.69, 9.17) is 4.52 Å². The topological polar surface area (TPSA) is 9.23 Å². The van der Waals surface area contributed by atoms with Crippen molar-refractivity contribution in [3.63, 3.8) is 0 Å². The van der Waals surface area contributed by atoms with Crippen molar-refractivity contribution in [2.24, 2.45) is 0 Å². The lowest BCUT2D eigenvalue weighted by molar-refractivity contribution is 0.460. The molecular formula is C6H15OP. The quantitative estimate of drug-likeness (QED) is 0.536. The van der Waals surface area contributed by atoms with Crippen molar-refractivity contribution in [1.29, 1.82) is 0 Å². The fourth-order valence-corrected chi connectivity index (χ4v) is 1.88. The van der Waals surface area contributed by atoms with E-state index in [-0.39, 0.29) is 8.15 Å². The van der Waals surface area contributed by atoms with Gasteiger partial charge in [0.25, 0.3) is 0 Å². The maximum absolute atomic E-state index is 5.20. The highest BCUT2D eigenvalue weighted by Gasteiger charge is 1.99. The Morgan fingerprint density at radius 2 is 2.00 bits per heavy atom. The Bertz CT molecular complexity index is 43.8. The summed E-state index contributed by atoms with van der Waals surface area (Å²) in [6, 6.07) is 0. The van der Waals surface area contributed by atoms with Crippen molar-refractivity contribution in [2.45, 2.75) is 20.3 Å². The predicted octanol–water partition coefficient (Wildman–Crippen LogP) is 2.46. The third kappa shape index (κ3) is 3.40. The molecule has 0 aromatic heterocycles. The van der Waals surface area contributed by atoms with Crippen LogP contribution in [0.2, 0.25) is 0 Å². The molecular weight excluding hydrogens is 119 g/mol. The zero-order valence-electron chi connectivity index (χ0n) is 5.98. The first-order chi connectivity index (χ1) is 3.85. The van der Waals surface area contributed by atoms with Gasteiger partial charge >= 0.3 is 0 Å². The number of hydrogen-bond donors (Lipinski definition) is 0. The maximum atomic E-state index is 5.20. The fourth-order valence-electron chi connectivity index (χ4n) is 0.628. The van der Waals surface area contributed by atoms with Gasteiger partial charge in [-0.3, -0.25) is 0 Å². The molecule has 0 rings (SSSR count). The highest BCUT2D eigenvalue weighted by atomic mass is 31.1. The monoisotopic (exact) mass is 134 g/mol. The zero-order valence-corrected chi connectivity index (χ0v) is 6.87. The van der Waals surface area contributed by atoms with Gasteiger partial charge in [-0.1, -0.05) is 20.3 Å². The molecule has 0 N–H and O–H groups in total. The Labute approximate surface area is 53.3 Å². The van der Waals surface area contributed by atoms with Gasteiger partial charge in [-0.05, 0) is 12.3 Å². The molecule has 0 saturated heterocycles. The van der Waals surface area contributed by atoms with E-state index in [9.17, 15) is 0 Å². The van der Waals surface area contributed by atoms with Gasteiger partial charge in [-0.15, -0.1) is 0 Å². The molecule has 0 spiro atoms. The van der Waals surface area contributed by atoms with E-state index in [2.05, 4.69) is 13.8 Å². The molecule has 1 nitrogen and oxygen atoms in total. The van der Waals surface area contributed by atoms with Crippen LogP contribution in [0.25, 0.3) is 0 Å². The van der Waals surface area contributed by atoms with Crippen LogP contribution in [-0.4, -0.2) is 19.4 Å². The van der Waals surface area contributed by atoms with Crippen molar-refractivity contribution in [1.82, 2.24) is 0 Å². The Morgan fingerprint density at radius 3 is 2.12 bits per heavy atom. The van der Waals surface area contributed by atoms with E-state index in [1.807, 2.05) is 7.11 Å². The lowest BCUT2D eigenvalue weighted by Gasteiger charge is -2.09. The molecule has 0 saturated carbocycles. The molecule has 0 aliphatic heterocycles. The second-order valence-corrected chi connectivity index (χ2v) is 4.11. The summed E-state index contributed by atoms with van der Waals surface area (Å²) in [6.07, 6.45) is 3.73. The van der Waals surface area contributed by atoms with Crippen molar-refractivity contribution >= 4 is 8.15 Å². The van der Waals surface area contributed by atoms with Crippen molar-refractivity contribution in [2.75, 3.05) is 19.4 Å². The smallest absolute Gasteiger partial charge is 0.0398 e. The highest BCUT2D eigenvalue weighted by molar-refractivity contribution is 7.52. The predicted molar refractivity (Wildman–Crippen MR) is 39.6 cm³/mol. The van der Waals surface area contributed by atoms with Crippen molar-refractivity contribution in [3.8, 4) is 0 Å². The van der Waals surface area contributed by atoms with Crippen LogP contribution in [0.1, 0.15) is 20.3 Å². The molecule has 0 radical (unpaired) electrons. The minimum Gasteiger partial charge on any atom is -0.362 e. The third-order valence-corrected chi connectivity index (χ3v) is 3.25. The van der Waals surface area contributed by atoms with Crippen LogP contribution in [0, 0.1) is 0 Å². The van der Waals surface area contributed by atoms with Crippen molar-refractivity contribution < 1.29 is 4.52 Å². The summed E-state index contributed by atoms with van der Waals surface area (Å²) in [5, 5.41) is 0. The van der Waals surface area contributed by atoms with Gasteiger partial charge in [0.1, 0.15) is 0 Å². The van der Waals surface area contributed by atoms with Crippen LogP contribution >= 0.6 is 8.15 Å². The standard InChI is InChI=1S/C6H15OP/c1-4-6-8(5-2)7-3/h4-6H2,1-3H3. The van der Waals surface area contributed by atoms with Crippen LogP contribution in [0.5, 0.6) is 0 Å². The fraction of sp³-hybridized carbons (Fsp3) is 1.00. The Balaban J connectivity index is 3.07. The van der Waals surface area contributed by atoms with Gasteiger partial charge in [0.2, 0.25) is 0 Å². The summed E-state index contributed by atoms with van der Waals surface area (Å²) in [5.74, 6) is 0. The Hall–Kier alpha value is 0.390. The van der Waals surface area contributed by atoms with Crippen LogP contribution in [0.15, 0.2) is 0 Å². The minimum absolute atomic E-state index is 0.0563. The summed E-state index contributed by atoms with van der Waals surface area (Å²) in [5.41, 5.74) is 0. The molecule has 0 aliphatic rings. The summed E-state index contributed by atoms with van der Waals surface area (Å²) < 4.78 is 5.20. The van der Waals surface area contributed by atoms with Gasteiger partial charge in [0.15, 0.2) is 0 Å². The molecule has 0 aromatic rings. The normalized spacial score (nSPS) is 13.9. The van der Waals surface area contributed by atoms with E-state index >= 15 is 0 Å². The van der Waals surface area contributed by atoms with Gasteiger partial charge in [0.05, 0.1) is 0 Å². The molecule has 0 heterocycles. The van der Waals surface area contributed by atoms with E-state index in [0.29, 0.717) is 0 Å². The van der Waals surface area contributed by atoms with E-state index in [1.165, 1.54) is 18.7 Å². The third-order valence-electron chi connectivity index (χ3n) is 1.08. The molecule has 50 valence electrons. The molecule has 8 heavy (non-hydrogen) atoms. The zero-order chi connectivity index (χ0) is 6.41. The van der Waals surface area contributed by atoms with Gasteiger partial charge < -0.3 is 4.52 Å². The van der Waals surface area contributed by atoms with Crippen LogP contribution in [0.3, 0.4) is 0 Å². The van der Waals surface area contributed by atoms with Gasteiger partial charge in [-0.2, -0.15) is 0 Å². The first-order valence-corrected chi connectivity index (χ1v) is 4.77. The first kappa shape index (κ1) is 8.39. The summed E-state index contributed by atoms with van der Waals surface area (Å²) in [4.78, 5) is 0. The average molecular weight is 134 g/mol. The van der Waals surface area contributed by atoms with E-state index in [0.717, 1.165) is 0 Å².